The van der Waals surface area contributed by atoms with Crippen LogP contribution in [0.15, 0.2) is 18.2 Å². The molecule has 0 saturated carbocycles. The summed E-state index contributed by atoms with van der Waals surface area (Å²) in [6.45, 7) is 4.17. The largest absolute Gasteiger partial charge is 0.325 e. The van der Waals surface area contributed by atoms with E-state index in [-0.39, 0.29) is 11.3 Å². The van der Waals surface area contributed by atoms with Crippen molar-refractivity contribution in [3.8, 4) is 0 Å². The molecule has 0 radical (unpaired) electrons. The summed E-state index contributed by atoms with van der Waals surface area (Å²) in [5.41, 5.74) is 3.10. The maximum atomic E-state index is 12.2. The molecular formula is C15H20ClNO. The fourth-order valence-corrected chi connectivity index (χ4v) is 2.97. The molecule has 98 valence electrons. The number of hydrogen-bond acceptors (Lipinski definition) is 1. The molecule has 0 saturated heterocycles. The zero-order valence-electron chi connectivity index (χ0n) is 11.1. The Morgan fingerprint density at radius 2 is 2.00 bits per heavy atom. The van der Waals surface area contributed by atoms with Gasteiger partial charge in [-0.25, -0.2) is 0 Å². The Kier molecular flexibility index (Phi) is 3.96. The van der Waals surface area contributed by atoms with Crippen molar-refractivity contribution in [2.75, 3.05) is 11.2 Å². The second-order valence-corrected chi connectivity index (χ2v) is 5.29. The van der Waals surface area contributed by atoms with Gasteiger partial charge in [0.15, 0.2) is 0 Å². The van der Waals surface area contributed by atoms with Gasteiger partial charge in [0.2, 0.25) is 5.91 Å². The number of benzene rings is 1. The minimum Gasteiger partial charge on any atom is -0.325 e. The molecular weight excluding hydrogens is 246 g/mol. The topological polar surface area (TPSA) is 29.1 Å². The predicted molar refractivity (Wildman–Crippen MR) is 76.4 cm³/mol. The van der Waals surface area contributed by atoms with Crippen molar-refractivity contribution < 1.29 is 4.79 Å². The number of carbonyl (C=O) groups excluding carboxylic acids is 1. The van der Waals surface area contributed by atoms with Crippen LogP contribution in [0.2, 0.25) is 0 Å². The van der Waals surface area contributed by atoms with E-state index in [9.17, 15) is 4.79 Å². The van der Waals surface area contributed by atoms with E-state index in [0.717, 1.165) is 31.4 Å². The van der Waals surface area contributed by atoms with Crippen molar-refractivity contribution >= 4 is 23.2 Å². The molecule has 0 unspecified atom stereocenters. The number of rotatable bonds is 5. The van der Waals surface area contributed by atoms with E-state index in [2.05, 4.69) is 31.3 Å². The molecule has 2 rings (SSSR count). The maximum Gasteiger partial charge on any atom is 0.235 e. The summed E-state index contributed by atoms with van der Waals surface area (Å²) in [4.78, 5) is 12.2. The van der Waals surface area contributed by atoms with Gasteiger partial charge in [0.25, 0.3) is 0 Å². The van der Waals surface area contributed by atoms with Gasteiger partial charge < -0.3 is 5.32 Å². The number of halogens is 1. The first-order valence-electron chi connectivity index (χ1n) is 6.68. The van der Waals surface area contributed by atoms with Gasteiger partial charge in [0.05, 0.1) is 5.41 Å². The molecule has 1 aromatic carbocycles. The molecule has 1 N–H and O–H groups in total. The molecule has 0 spiro atoms. The first-order valence-corrected chi connectivity index (χ1v) is 7.22. The molecule has 0 bridgehead atoms. The minimum absolute atomic E-state index is 0.150. The van der Waals surface area contributed by atoms with Gasteiger partial charge in [0, 0.05) is 11.6 Å². The van der Waals surface area contributed by atoms with Crippen molar-refractivity contribution in [2.24, 2.45) is 0 Å². The van der Waals surface area contributed by atoms with Gasteiger partial charge in [-0.1, -0.05) is 26.0 Å². The van der Waals surface area contributed by atoms with Crippen LogP contribution in [-0.2, 0) is 16.6 Å². The lowest BCUT2D eigenvalue weighted by Crippen LogP contribution is -2.32. The molecule has 3 heteroatoms. The number of carbonyl (C=O) groups is 1. The van der Waals surface area contributed by atoms with Gasteiger partial charge >= 0.3 is 0 Å². The van der Waals surface area contributed by atoms with Crippen molar-refractivity contribution in [2.45, 2.75) is 44.9 Å². The van der Waals surface area contributed by atoms with Crippen LogP contribution in [-0.4, -0.2) is 11.8 Å². The summed E-state index contributed by atoms with van der Waals surface area (Å²) in [6.07, 6.45) is 3.66. The first kappa shape index (κ1) is 13.4. The first-order chi connectivity index (χ1) is 8.67. The lowest BCUT2D eigenvalue weighted by atomic mass is 9.76. The predicted octanol–water partition coefficient (Wildman–Crippen LogP) is 3.87. The molecule has 0 fully saturated rings. The summed E-state index contributed by atoms with van der Waals surface area (Å²) >= 11 is 5.74. The van der Waals surface area contributed by atoms with Crippen LogP contribution in [0.25, 0.3) is 0 Å². The highest BCUT2D eigenvalue weighted by atomic mass is 35.5. The van der Waals surface area contributed by atoms with Crippen LogP contribution in [0.1, 0.15) is 44.2 Å². The lowest BCUT2D eigenvalue weighted by molar-refractivity contribution is -0.121. The zero-order chi connectivity index (χ0) is 13.2. The number of nitrogens with one attached hydrogen (secondary N) is 1. The Balaban J connectivity index is 2.39. The Labute approximate surface area is 114 Å². The van der Waals surface area contributed by atoms with E-state index in [1.165, 1.54) is 11.1 Å². The van der Waals surface area contributed by atoms with E-state index in [1.807, 2.05) is 6.07 Å². The lowest BCUT2D eigenvalue weighted by Gasteiger charge is -2.24. The minimum atomic E-state index is -0.327. The highest BCUT2D eigenvalue weighted by Gasteiger charge is 2.43. The fraction of sp³-hybridized carbons (Fsp3) is 0.533. The van der Waals surface area contributed by atoms with Gasteiger partial charge in [-0.15, -0.1) is 11.6 Å². The molecule has 1 amide bonds. The van der Waals surface area contributed by atoms with E-state index in [0.29, 0.717) is 5.88 Å². The third-order valence-electron chi connectivity index (χ3n) is 4.09. The van der Waals surface area contributed by atoms with Crippen LogP contribution >= 0.6 is 11.6 Å². The molecule has 1 aliphatic rings. The second-order valence-electron chi connectivity index (χ2n) is 4.92. The van der Waals surface area contributed by atoms with Crippen molar-refractivity contribution in [1.29, 1.82) is 0 Å². The van der Waals surface area contributed by atoms with Crippen molar-refractivity contribution in [1.82, 2.24) is 0 Å². The van der Waals surface area contributed by atoms with Gasteiger partial charge in [0.1, 0.15) is 0 Å². The van der Waals surface area contributed by atoms with Crippen LogP contribution in [0.4, 0.5) is 5.69 Å². The zero-order valence-corrected chi connectivity index (χ0v) is 11.8. The molecule has 18 heavy (non-hydrogen) atoms. The highest BCUT2D eigenvalue weighted by Crippen LogP contribution is 2.43. The number of alkyl halides is 1. The number of aryl methyl sites for hydroxylation is 1. The van der Waals surface area contributed by atoms with E-state index < -0.39 is 0 Å². The smallest absolute Gasteiger partial charge is 0.235 e. The number of fused-ring (bicyclic) bond motifs is 1. The second kappa shape index (κ2) is 5.31. The average Bonchev–Trinajstić information content (AvgIpc) is 2.68. The number of hydrogen-bond donors (Lipinski definition) is 1. The van der Waals surface area contributed by atoms with Crippen LogP contribution < -0.4 is 5.32 Å². The Hall–Kier alpha value is -1.02. The third-order valence-corrected chi connectivity index (χ3v) is 4.36. The van der Waals surface area contributed by atoms with Gasteiger partial charge in [-0.3, -0.25) is 4.79 Å². The SMILES string of the molecule is CCC1(CC)C(=O)Nc2ccc(CCCCl)cc21. The molecule has 0 atom stereocenters. The molecule has 0 aromatic heterocycles. The van der Waals surface area contributed by atoms with Crippen LogP contribution in [0.5, 0.6) is 0 Å². The molecule has 2 nitrogen and oxygen atoms in total. The quantitative estimate of drug-likeness (QED) is 0.805. The summed E-state index contributed by atoms with van der Waals surface area (Å²) in [5.74, 6) is 0.832. The molecule has 1 aliphatic heterocycles. The van der Waals surface area contributed by atoms with E-state index in [1.54, 1.807) is 0 Å². The van der Waals surface area contributed by atoms with Crippen LogP contribution in [0, 0.1) is 0 Å². The van der Waals surface area contributed by atoms with Crippen molar-refractivity contribution in [3.63, 3.8) is 0 Å². The number of anilines is 1. The summed E-state index contributed by atoms with van der Waals surface area (Å²) in [6, 6.07) is 6.31. The fourth-order valence-electron chi connectivity index (χ4n) is 2.84. The van der Waals surface area contributed by atoms with E-state index in [4.69, 9.17) is 11.6 Å². The Morgan fingerprint density at radius 3 is 2.61 bits per heavy atom. The van der Waals surface area contributed by atoms with E-state index >= 15 is 0 Å². The Morgan fingerprint density at radius 1 is 1.28 bits per heavy atom. The van der Waals surface area contributed by atoms with Gasteiger partial charge in [-0.2, -0.15) is 0 Å². The van der Waals surface area contributed by atoms with Crippen molar-refractivity contribution in [3.05, 3.63) is 29.3 Å². The summed E-state index contributed by atoms with van der Waals surface area (Å²) in [7, 11) is 0. The normalized spacial score (nSPS) is 16.5. The summed E-state index contributed by atoms with van der Waals surface area (Å²) < 4.78 is 0. The number of amides is 1. The molecule has 0 aliphatic carbocycles. The maximum absolute atomic E-state index is 12.2. The van der Waals surface area contributed by atoms with Crippen LogP contribution in [0.3, 0.4) is 0 Å². The molecule has 1 aromatic rings. The monoisotopic (exact) mass is 265 g/mol. The van der Waals surface area contributed by atoms with Gasteiger partial charge in [-0.05, 0) is 42.9 Å². The third kappa shape index (κ3) is 2.03. The average molecular weight is 266 g/mol. The summed E-state index contributed by atoms with van der Waals surface area (Å²) in [5, 5.41) is 3.01. The standard InChI is InChI=1S/C15H20ClNO/c1-3-15(4-2)12-10-11(6-5-9-16)7-8-13(12)17-14(15)18/h7-8,10H,3-6,9H2,1-2H3,(H,17,18). The molecule has 1 heterocycles. The highest BCUT2D eigenvalue weighted by molar-refractivity contribution is 6.17. The Bertz CT molecular complexity index is 452.